The number of hydrogen-bond acceptors (Lipinski definition) is 5. The van der Waals surface area contributed by atoms with Crippen LogP contribution in [0.5, 0.6) is 0 Å². The van der Waals surface area contributed by atoms with Crippen LogP contribution in [-0.4, -0.2) is 45.3 Å². The van der Waals surface area contributed by atoms with Crippen LogP contribution in [0.25, 0.3) is 17.0 Å². The van der Waals surface area contributed by atoms with Crippen molar-refractivity contribution in [2.75, 3.05) is 26.0 Å². The third-order valence-corrected chi connectivity index (χ3v) is 5.74. The van der Waals surface area contributed by atoms with Crippen LogP contribution in [0, 0.1) is 0 Å². The first-order valence-corrected chi connectivity index (χ1v) is 10.6. The van der Waals surface area contributed by atoms with Crippen LogP contribution >= 0.6 is 11.6 Å². The molecule has 0 radical (unpaired) electrons. The van der Waals surface area contributed by atoms with Crippen LogP contribution in [0.3, 0.4) is 0 Å². The van der Waals surface area contributed by atoms with Gasteiger partial charge in [-0.1, -0.05) is 54.9 Å². The van der Waals surface area contributed by atoms with Crippen molar-refractivity contribution in [3.8, 4) is 5.95 Å². The molecule has 2 aromatic carbocycles. The Bertz CT molecular complexity index is 1210. The Morgan fingerprint density at radius 3 is 2.58 bits per heavy atom. The van der Waals surface area contributed by atoms with Crippen molar-refractivity contribution in [2.45, 2.75) is 19.4 Å². The number of H-pyrrole nitrogens is 1. The Kier molecular flexibility index (Phi) is 6.06. The number of fused-ring (bicyclic) bond motifs is 1. The van der Waals surface area contributed by atoms with Crippen LogP contribution in [0.2, 0.25) is 5.02 Å². The molecule has 2 aromatic heterocycles. The van der Waals surface area contributed by atoms with Gasteiger partial charge in [0.1, 0.15) is 5.02 Å². The summed E-state index contributed by atoms with van der Waals surface area (Å²) in [5.74, 6) is 0.335. The molecule has 0 amide bonds. The molecule has 0 bridgehead atoms. The van der Waals surface area contributed by atoms with Crippen LogP contribution in [0.1, 0.15) is 24.1 Å². The van der Waals surface area contributed by atoms with E-state index in [1.54, 1.807) is 6.20 Å². The van der Waals surface area contributed by atoms with E-state index in [1.165, 1.54) is 15.8 Å². The van der Waals surface area contributed by atoms with Crippen molar-refractivity contribution >= 4 is 28.3 Å². The second-order valence-corrected chi connectivity index (χ2v) is 8.00. The summed E-state index contributed by atoms with van der Waals surface area (Å²) in [6.07, 6.45) is 2.57. The molecule has 4 aromatic rings. The molecule has 2 heterocycles. The van der Waals surface area contributed by atoms with Gasteiger partial charge in [0.2, 0.25) is 5.95 Å². The predicted octanol–water partition coefficient (Wildman–Crippen LogP) is 4.04. The predicted molar refractivity (Wildman–Crippen MR) is 125 cm³/mol. The summed E-state index contributed by atoms with van der Waals surface area (Å²) >= 11 is 6.40. The van der Waals surface area contributed by atoms with E-state index >= 15 is 0 Å². The van der Waals surface area contributed by atoms with Crippen LogP contribution in [0.4, 0.5) is 5.69 Å². The fourth-order valence-electron chi connectivity index (χ4n) is 3.53. The van der Waals surface area contributed by atoms with Gasteiger partial charge in [-0.3, -0.25) is 4.79 Å². The maximum Gasteiger partial charge on any atom is 0.295 e. The number of likely N-dealkylation sites (N-methyl/N-ethyl adjacent to an activating group) is 1. The number of halogens is 1. The van der Waals surface area contributed by atoms with Crippen molar-refractivity contribution in [1.29, 1.82) is 0 Å². The first kappa shape index (κ1) is 21.1. The second-order valence-electron chi connectivity index (χ2n) is 7.62. The lowest BCUT2D eigenvalue weighted by Gasteiger charge is -2.26. The van der Waals surface area contributed by atoms with E-state index in [1.807, 2.05) is 38.4 Å². The topological polar surface area (TPSA) is 78.8 Å². The van der Waals surface area contributed by atoms with Gasteiger partial charge in [0.25, 0.3) is 5.56 Å². The van der Waals surface area contributed by atoms with Crippen LogP contribution in [0.15, 0.2) is 59.5 Å². The smallest absolute Gasteiger partial charge is 0.295 e. The van der Waals surface area contributed by atoms with Crippen molar-refractivity contribution in [2.24, 2.45) is 0 Å². The minimum Gasteiger partial charge on any atom is -0.380 e. The van der Waals surface area contributed by atoms with E-state index in [9.17, 15) is 4.79 Å². The largest absolute Gasteiger partial charge is 0.380 e. The minimum absolute atomic E-state index is 0.0780. The molecule has 0 saturated carbocycles. The molecular formula is C23H25ClN6O. The van der Waals surface area contributed by atoms with E-state index in [4.69, 9.17) is 11.6 Å². The zero-order valence-electron chi connectivity index (χ0n) is 17.8. The van der Waals surface area contributed by atoms with Crippen molar-refractivity contribution in [1.82, 2.24) is 24.6 Å². The highest BCUT2D eigenvalue weighted by Gasteiger charge is 2.17. The Labute approximate surface area is 185 Å². The van der Waals surface area contributed by atoms with Gasteiger partial charge < -0.3 is 15.2 Å². The molecule has 160 valence electrons. The number of aromatic amines is 1. The lowest BCUT2D eigenvalue weighted by atomic mass is 10.0. The van der Waals surface area contributed by atoms with Crippen molar-refractivity contribution < 1.29 is 0 Å². The van der Waals surface area contributed by atoms with E-state index in [-0.39, 0.29) is 11.1 Å². The zero-order chi connectivity index (χ0) is 22.0. The summed E-state index contributed by atoms with van der Waals surface area (Å²) in [7, 11) is 4.05. The summed E-state index contributed by atoms with van der Waals surface area (Å²) in [4.78, 5) is 22.5. The molecular weight excluding hydrogens is 412 g/mol. The molecule has 0 aliphatic carbocycles. The number of benzene rings is 2. The van der Waals surface area contributed by atoms with E-state index in [2.05, 4.69) is 56.5 Å². The normalized spacial score (nSPS) is 12.4. The monoisotopic (exact) mass is 436 g/mol. The molecule has 1 atom stereocenters. The molecule has 0 saturated heterocycles. The van der Waals surface area contributed by atoms with Gasteiger partial charge in [0.05, 0.1) is 29.0 Å². The van der Waals surface area contributed by atoms with E-state index < -0.39 is 5.56 Å². The maximum absolute atomic E-state index is 12.8. The number of para-hydroxylation sites is 2. The Balaban J connectivity index is 1.57. The average molecular weight is 437 g/mol. The molecule has 0 fully saturated rings. The summed E-state index contributed by atoms with van der Waals surface area (Å²) < 4.78 is 1.18. The maximum atomic E-state index is 12.8. The number of aryl methyl sites for hydroxylation is 1. The van der Waals surface area contributed by atoms with Crippen molar-refractivity contribution in [3.63, 3.8) is 0 Å². The highest BCUT2D eigenvalue weighted by atomic mass is 35.5. The second kappa shape index (κ2) is 8.91. The standard InChI is InChI=1S/C23H25ClN6O/c1-4-15-9-11-16(12-10-15)20(29(2)3)14-25-19-13-26-30(22(31)21(19)24)23-27-17-7-5-6-8-18(17)28-23/h5-13,20,25H,4,14H2,1-3H3,(H,27,28)/t20-/m1/s1. The van der Waals surface area contributed by atoms with Gasteiger partial charge in [-0.15, -0.1) is 0 Å². The fraction of sp³-hybridized carbons (Fsp3) is 0.261. The van der Waals surface area contributed by atoms with Gasteiger partial charge in [0.15, 0.2) is 0 Å². The Morgan fingerprint density at radius 1 is 1.16 bits per heavy atom. The SMILES string of the molecule is CCc1ccc([C@@H](CNc2cnn(-c3nc4ccccc4[nH]3)c(=O)c2Cl)N(C)C)cc1. The Hall–Kier alpha value is -3.16. The first-order valence-electron chi connectivity index (χ1n) is 10.2. The third kappa shape index (κ3) is 4.33. The molecule has 0 aliphatic rings. The number of rotatable bonds is 7. The molecule has 0 aliphatic heterocycles. The fourth-order valence-corrected chi connectivity index (χ4v) is 3.72. The van der Waals surface area contributed by atoms with Gasteiger partial charge >= 0.3 is 0 Å². The molecule has 0 unspecified atom stereocenters. The Morgan fingerprint density at radius 2 is 1.90 bits per heavy atom. The molecule has 7 nitrogen and oxygen atoms in total. The number of hydrogen-bond donors (Lipinski definition) is 2. The van der Waals surface area contributed by atoms with Gasteiger partial charge in [-0.2, -0.15) is 9.78 Å². The van der Waals surface area contributed by atoms with Gasteiger partial charge in [-0.05, 0) is 43.8 Å². The van der Waals surface area contributed by atoms with E-state index in [0.717, 1.165) is 17.5 Å². The summed E-state index contributed by atoms with van der Waals surface area (Å²) in [6.45, 7) is 2.72. The molecule has 0 spiro atoms. The van der Waals surface area contributed by atoms with Gasteiger partial charge in [0, 0.05) is 6.54 Å². The lowest BCUT2D eigenvalue weighted by molar-refractivity contribution is 0.312. The quantitative estimate of drug-likeness (QED) is 0.457. The number of aromatic nitrogens is 4. The minimum atomic E-state index is -0.431. The highest BCUT2D eigenvalue weighted by molar-refractivity contribution is 6.32. The van der Waals surface area contributed by atoms with Crippen LogP contribution in [-0.2, 0) is 6.42 Å². The third-order valence-electron chi connectivity index (χ3n) is 5.38. The summed E-state index contributed by atoms with van der Waals surface area (Å²) in [5.41, 5.74) is 4.14. The average Bonchev–Trinajstić information content (AvgIpc) is 3.21. The highest BCUT2D eigenvalue weighted by Crippen LogP contribution is 2.22. The number of nitrogens with zero attached hydrogens (tertiary/aromatic N) is 4. The number of imidazole rings is 1. The van der Waals surface area contributed by atoms with Crippen LogP contribution < -0.4 is 10.9 Å². The molecule has 4 rings (SSSR count). The zero-order valence-corrected chi connectivity index (χ0v) is 18.5. The van der Waals surface area contributed by atoms with Gasteiger partial charge in [-0.25, -0.2) is 4.98 Å². The molecule has 31 heavy (non-hydrogen) atoms. The first-order chi connectivity index (χ1) is 15.0. The summed E-state index contributed by atoms with van der Waals surface area (Å²) in [6, 6.07) is 16.2. The van der Waals surface area contributed by atoms with E-state index in [0.29, 0.717) is 18.2 Å². The molecule has 8 heteroatoms. The lowest BCUT2D eigenvalue weighted by Crippen LogP contribution is -2.28. The summed E-state index contributed by atoms with van der Waals surface area (Å²) in [5, 5.41) is 7.64. The van der Waals surface area contributed by atoms with Crippen molar-refractivity contribution in [3.05, 3.63) is 81.2 Å². The number of nitrogens with one attached hydrogen (secondary N) is 2. The number of anilines is 1. The molecule has 2 N–H and O–H groups in total.